The van der Waals surface area contributed by atoms with Crippen LogP contribution in [0.2, 0.25) is 0 Å². The summed E-state index contributed by atoms with van der Waals surface area (Å²) in [6, 6.07) is 2.98. The van der Waals surface area contributed by atoms with Gasteiger partial charge in [-0.15, -0.1) is 3.89 Å². The molecule has 0 atom stereocenters. The Bertz CT molecular complexity index is 451. The van der Waals surface area contributed by atoms with Crippen molar-refractivity contribution in [3.8, 4) is 5.75 Å². The molecule has 0 aromatic heterocycles. The van der Waals surface area contributed by atoms with E-state index >= 15 is 0 Å². The lowest BCUT2D eigenvalue weighted by Crippen LogP contribution is -1.99. The lowest BCUT2D eigenvalue weighted by Gasteiger charge is -2.09. The maximum atomic E-state index is 12.8. The second-order valence-corrected chi connectivity index (χ2v) is 4.37. The Morgan fingerprint density at radius 2 is 1.86 bits per heavy atom. The van der Waals surface area contributed by atoms with E-state index in [2.05, 4.69) is 0 Å². The molecule has 0 unspecified atom stereocenters. The van der Waals surface area contributed by atoms with Crippen molar-refractivity contribution in [2.45, 2.75) is 18.7 Å². The molecule has 0 radical (unpaired) electrons. The Hall–Kier alpha value is -1.10. The molecule has 0 saturated heterocycles. The molecule has 1 aromatic carbocycles. The molecule has 0 bridgehead atoms. The average Bonchev–Trinajstić information content (AvgIpc) is 2.01. The predicted octanol–water partition coefficient (Wildman–Crippen LogP) is 1.97. The van der Waals surface area contributed by atoms with Crippen LogP contribution in [0.15, 0.2) is 17.0 Å². The smallest absolute Gasteiger partial charge is 0.335 e. The number of methoxy groups -OCH3 is 1. The van der Waals surface area contributed by atoms with Crippen molar-refractivity contribution >= 4 is 10.2 Å². The Morgan fingerprint density at radius 3 is 2.29 bits per heavy atom. The number of halogens is 1. The lowest BCUT2D eigenvalue weighted by molar-refractivity contribution is 0.398. The normalized spacial score (nSPS) is 11.4. The minimum absolute atomic E-state index is 0.0677. The third kappa shape index (κ3) is 2.04. The van der Waals surface area contributed by atoms with Gasteiger partial charge in [-0.05, 0) is 31.0 Å². The van der Waals surface area contributed by atoms with E-state index in [-0.39, 0.29) is 5.75 Å². The fourth-order valence-corrected chi connectivity index (χ4v) is 2.15. The van der Waals surface area contributed by atoms with E-state index in [9.17, 15) is 12.3 Å². The van der Waals surface area contributed by atoms with Crippen LogP contribution in [0.1, 0.15) is 11.1 Å². The van der Waals surface area contributed by atoms with Gasteiger partial charge in [-0.25, -0.2) is 0 Å². The van der Waals surface area contributed by atoms with Crippen LogP contribution in [0.4, 0.5) is 3.89 Å². The highest BCUT2D eigenvalue weighted by Crippen LogP contribution is 2.30. The summed E-state index contributed by atoms with van der Waals surface area (Å²) >= 11 is 0. The highest BCUT2D eigenvalue weighted by atomic mass is 32.3. The molecule has 78 valence electrons. The van der Waals surface area contributed by atoms with Crippen LogP contribution in [0, 0.1) is 13.8 Å². The summed E-state index contributed by atoms with van der Waals surface area (Å²) in [7, 11) is -3.40. The molecule has 0 saturated carbocycles. The molecule has 0 N–H and O–H groups in total. The first-order chi connectivity index (χ1) is 6.36. The van der Waals surface area contributed by atoms with E-state index in [1.54, 1.807) is 19.9 Å². The maximum Gasteiger partial charge on any atom is 0.335 e. The van der Waals surface area contributed by atoms with Crippen molar-refractivity contribution in [3.05, 3.63) is 23.3 Å². The fourth-order valence-electron chi connectivity index (χ4n) is 1.36. The minimum atomic E-state index is -4.72. The molecular formula is C9H11FO3S. The Kier molecular flexibility index (Phi) is 2.80. The Balaban J connectivity index is 3.56. The van der Waals surface area contributed by atoms with E-state index in [0.29, 0.717) is 11.1 Å². The van der Waals surface area contributed by atoms with E-state index in [1.807, 2.05) is 0 Å². The fraction of sp³-hybridized carbons (Fsp3) is 0.333. The molecule has 0 spiro atoms. The van der Waals surface area contributed by atoms with Gasteiger partial charge < -0.3 is 4.74 Å². The van der Waals surface area contributed by atoms with Gasteiger partial charge in [0.05, 0.1) is 7.11 Å². The Morgan fingerprint density at radius 1 is 1.29 bits per heavy atom. The first kappa shape index (κ1) is 11.0. The van der Waals surface area contributed by atoms with Crippen molar-refractivity contribution in [2.24, 2.45) is 0 Å². The standard InChI is InChI=1S/C9H11FO3S/c1-6-4-7(2)9(13-3)8(5-6)14(10,11)12/h4-5H,1-3H3. The molecule has 5 heteroatoms. The van der Waals surface area contributed by atoms with Gasteiger partial charge in [0.2, 0.25) is 0 Å². The minimum Gasteiger partial charge on any atom is -0.495 e. The molecular weight excluding hydrogens is 207 g/mol. The van der Waals surface area contributed by atoms with E-state index < -0.39 is 15.1 Å². The summed E-state index contributed by atoms with van der Waals surface area (Å²) in [5.74, 6) is 0.0677. The van der Waals surface area contributed by atoms with Crippen molar-refractivity contribution in [2.75, 3.05) is 7.11 Å². The number of benzene rings is 1. The van der Waals surface area contributed by atoms with Gasteiger partial charge in [-0.3, -0.25) is 0 Å². The van der Waals surface area contributed by atoms with Gasteiger partial charge >= 0.3 is 10.2 Å². The molecule has 0 heterocycles. The van der Waals surface area contributed by atoms with Crippen molar-refractivity contribution in [1.29, 1.82) is 0 Å². The quantitative estimate of drug-likeness (QED) is 0.713. The first-order valence-corrected chi connectivity index (χ1v) is 5.34. The molecule has 0 fully saturated rings. The molecule has 0 aliphatic rings. The number of aryl methyl sites for hydroxylation is 2. The molecule has 3 nitrogen and oxygen atoms in total. The van der Waals surface area contributed by atoms with E-state index in [4.69, 9.17) is 4.74 Å². The summed E-state index contributed by atoms with van der Waals surface area (Å²) < 4.78 is 39.2. The summed E-state index contributed by atoms with van der Waals surface area (Å²) in [6.07, 6.45) is 0. The van der Waals surface area contributed by atoms with E-state index in [0.717, 1.165) is 0 Å². The second-order valence-electron chi connectivity index (χ2n) is 3.05. The number of rotatable bonds is 2. The van der Waals surface area contributed by atoms with Crippen molar-refractivity contribution < 1.29 is 17.0 Å². The monoisotopic (exact) mass is 218 g/mol. The van der Waals surface area contributed by atoms with Gasteiger partial charge in [0.15, 0.2) is 0 Å². The molecule has 14 heavy (non-hydrogen) atoms. The molecule has 0 amide bonds. The van der Waals surface area contributed by atoms with Crippen LogP contribution in [0.3, 0.4) is 0 Å². The van der Waals surface area contributed by atoms with Gasteiger partial charge in [-0.1, -0.05) is 6.07 Å². The maximum absolute atomic E-state index is 12.8. The highest BCUT2D eigenvalue weighted by Gasteiger charge is 2.20. The first-order valence-electron chi connectivity index (χ1n) is 3.96. The SMILES string of the molecule is COc1c(C)cc(C)cc1S(=O)(=O)F. The van der Waals surface area contributed by atoms with Crippen molar-refractivity contribution in [3.63, 3.8) is 0 Å². The molecule has 0 aliphatic carbocycles. The van der Waals surface area contributed by atoms with Crippen LogP contribution in [0.25, 0.3) is 0 Å². The van der Waals surface area contributed by atoms with Crippen LogP contribution < -0.4 is 4.74 Å². The molecule has 0 aliphatic heterocycles. The largest absolute Gasteiger partial charge is 0.495 e. The molecule has 1 rings (SSSR count). The zero-order valence-corrected chi connectivity index (χ0v) is 8.98. The van der Waals surface area contributed by atoms with E-state index in [1.165, 1.54) is 13.2 Å². The third-order valence-electron chi connectivity index (χ3n) is 1.85. The lowest BCUT2D eigenvalue weighted by atomic mass is 10.1. The summed E-state index contributed by atoms with van der Waals surface area (Å²) in [5.41, 5.74) is 1.28. The van der Waals surface area contributed by atoms with Gasteiger partial charge in [0.25, 0.3) is 0 Å². The second kappa shape index (κ2) is 3.57. The number of hydrogen-bond donors (Lipinski definition) is 0. The van der Waals surface area contributed by atoms with Gasteiger partial charge in [-0.2, -0.15) is 8.42 Å². The number of hydrogen-bond acceptors (Lipinski definition) is 3. The number of ether oxygens (including phenoxy) is 1. The van der Waals surface area contributed by atoms with Crippen LogP contribution in [-0.4, -0.2) is 15.5 Å². The molecule has 1 aromatic rings. The van der Waals surface area contributed by atoms with Gasteiger partial charge in [0.1, 0.15) is 10.6 Å². The zero-order valence-electron chi connectivity index (χ0n) is 8.17. The zero-order chi connectivity index (χ0) is 10.9. The Labute approximate surface area is 82.7 Å². The topological polar surface area (TPSA) is 43.4 Å². The predicted molar refractivity (Wildman–Crippen MR) is 50.8 cm³/mol. The summed E-state index contributed by atoms with van der Waals surface area (Å²) in [6.45, 7) is 3.36. The van der Waals surface area contributed by atoms with Crippen LogP contribution in [-0.2, 0) is 10.2 Å². The van der Waals surface area contributed by atoms with Crippen LogP contribution >= 0.6 is 0 Å². The summed E-state index contributed by atoms with van der Waals surface area (Å²) in [5, 5.41) is 0. The average molecular weight is 218 g/mol. The third-order valence-corrected chi connectivity index (χ3v) is 2.68. The highest BCUT2D eigenvalue weighted by molar-refractivity contribution is 7.86. The van der Waals surface area contributed by atoms with Gasteiger partial charge in [0, 0.05) is 0 Å². The van der Waals surface area contributed by atoms with Crippen molar-refractivity contribution in [1.82, 2.24) is 0 Å². The van der Waals surface area contributed by atoms with Crippen LogP contribution in [0.5, 0.6) is 5.75 Å². The summed E-state index contributed by atoms with van der Waals surface area (Å²) in [4.78, 5) is -0.405.